The van der Waals surface area contributed by atoms with Gasteiger partial charge in [-0.2, -0.15) is 24.9 Å². The maximum absolute atomic E-state index is 13.0. The molecule has 2 aliphatic heterocycles. The quantitative estimate of drug-likeness (QED) is 0.441. The first-order valence-corrected chi connectivity index (χ1v) is 12.8. The number of nitrogens with zero attached hydrogens (tertiary/aromatic N) is 1. The number of carbonyl (C=O) groups is 1. The first-order chi connectivity index (χ1) is 16.3. The van der Waals surface area contributed by atoms with Crippen LogP contribution < -0.4 is 0 Å². The molecule has 0 spiro atoms. The standard InChI is InChI=1S/C26H30F3NO3S/c1-2-34-16-15-33-25(17-32-18-25)22-7-5-21(6-8-22)24(31)30-13-11-20(12-14-30)19-3-9-23(10-4-19)26(27,28)29/h3-10,20H,2,11-18H2,1H3. The summed E-state index contributed by atoms with van der Waals surface area (Å²) in [6.45, 7) is 5.00. The van der Waals surface area contributed by atoms with Crippen molar-refractivity contribution in [3.63, 3.8) is 0 Å². The van der Waals surface area contributed by atoms with E-state index in [4.69, 9.17) is 9.47 Å². The van der Waals surface area contributed by atoms with Gasteiger partial charge < -0.3 is 14.4 Å². The third-order valence-corrected chi connectivity index (χ3v) is 7.49. The maximum Gasteiger partial charge on any atom is 0.416 e. The summed E-state index contributed by atoms with van der Waals surface area (Å²) in [7, 11) is 0. The fourth-order valence-electron chi connectivity index (χ4n) is 4.52. The van der Waals surface area contributed by atoms with Crippen molar-refractivity contribution >= 4 is 17.7 Å². The van der Waals surface area contributed by atoms with Gasteiger partial charge in [0.25, 0.3) is 5.91 Å². The topological polar surface area (TPSA) is 38.8 Å². The summed E-state index contributed by atoms with van der Waals surface area (Å²) in [5.41, 5.74) is 1.50. The number of ether oxygens (including phenoxy) is 2. The molecule has 4 rings (SSSR count). The van der Waals surface area contributed by atoms with Gasteiger partial charge in [-0.1, -0.05) is 31.2 Å². The summed E-state index contributed by atoms with van der Waals surface area (Å²) in [4.78, 5) is 14.9. The molecule has 0 aromatic heterocycles. The zero-order valence-electron chi connectivity index (χ0n) is 19.3. The highest BCUT2D eigenvalue weighted by atomic mass is 32.2. The van der Waals surface area contributed by atoms with Gasteiger partial charge in [-0.25, -0.2) is 0 Å². The summed E-state index contributed by atoms with van der Waals surface area (Å²) in [5.74, 6) is 2.15. The van der Waals surface area contributed by atoms with Gasteiger partial charge in [-0.3, -0.25) is 4.79 Å². The number of likely N-dealkylation sites (tertiary alicyclic amines) is 1. The van der Waals surface area contributed by atoms with E-state index in [1.807, 2.05) is 40.9 Å². The molecule has 0 bridgehead atoms. The number of thioether (sulfide) groups is 1. The van der Waals surface area contributed by atoms with E-state index in [0.29, 0.717) is 38.5 Å². The smallest absolute Gasteiger partial charge is 0.375 e. The Kier molecular flexibility index (Phi) is 7.90. The maximum atomic E-state index is 13.0. The number of amides is 1. The predicted molar refractivity (Wildman–Crippen MR) is 127 cm³/mol. The van der Waals surface area contributed by atoms with Gasteiger partial charge in [0.15, 0.2) is 0 Å². The SMILES string of the molecule is CCSCCOC1(c2ccc(C(=O)N3CCC(c4ccc(C(F)(F)F)cc4)CC3)cc2)COC1. The van der Waals surface area contributed by atoms with E-state index in [1.165, 1.54) is 0 Å². The van der Waals surface area contributed by atoms with Crippen molar-refractivity contribution < 1.29 is 27.4 Å². The molecule has 2 saturated heterocycles. The second-order valence-electron chi connectivity index (χ2n) is 8.80. The molecule has 0 aliphatic carbocycles. The Hall–Kier alpha value is -2.03. The van der Waals surface area contributed by atoms with Gasteiger partial charge >= 0.3 is 6.18 Å². The average molecular weight is 494 g/mol. The Morgan fingerprint density at radius 1 is 1.09 bits per heavy atom. The lowest BCUT2D eigenvalue weighted by Crippen LogP contribution is -2.49. The van der Waals surface area contributed by atoms with Crippen molar-refractivity contribution in [2.75, 3.05) is 44.4 Å². The highest BCUT2D eigenvalue weighted by Crippen LogP contribution is 2.35. The Balaban J connectivity index is 1.32. The third kappa shape index (κ3) is 5.61. The fourth-order valence-corrected chi connectivity index (χ4v) is 5.01. The molecular weight excluding hydrogens is 463 g/mol. The van der Waals surface area contributed by atoms with Gasteiger partial charge in [0, 0.05) is 24.4 Å². The average Bonchev–Trinajstić information content (AvgIpc) is 2.82. The number of piperidine rings is 1. The number of alkyl halides is 3. The van der Waals surface area contributed by atoms with Crippen molar-refractivity contribution in [3.05, 3.63) is 70.8 Å². The molecule has 2 aromatic carbocycles. The van der Waals surface area contributed by atoms with Crippen molar-refractivity contribution in [1.82, 2.24) is 4.90 Å². The number of rotatable bonds is 8. The molecule has 184 valence electrons. The van der Waals surface area contributed by atoms with Crippen LogP contribution in [0.2, 0.25) is 0 Å². The lowest BCUT2D eigenvalue weighted by atomic mass is 9.88. The molecule has 8 heteroatoms. The summed E-state index contributed by atoms with van der Waals surface area (Å²) < 4.78 is 50.0. The summed E-state index contributed by atoms with van der Waals surface area (Å²) in [5, 5.41) is 0. The Bertz CT molecular complexity index is 951. The summed E-state index contributed by atoms with van der Waals surface area (Å²) >= 11 is 1.84. The van der Waals surface area contributed by atoms with Gasteiger partial charge in [0.2, 0.25) is 0 Å². The number of hydrogen-bond acceptors (Lipinski definition) is 4. The lowest BCUT2D eigenvalue weighted by molar-refractivity contribution is -0.214. The van der Waals surface area contributed by atoms with E-state index in [-0.39, 0.29) is 11.8 Å². The zero-order chi connectivity index (χ0) is 24.2. The molecular formula is C26H30F3NO3S. The molecule has 0 saturated carbocycles. The Morgan fingerprint density at radius 3 is 2.26 bits per heavy atom. The number of carbonyl (C=O) groups excluding carboxylic acids is 1. The van der Waals surface area contributed by atoms with Crippen LogP contribution in [0.25, 0.3) is 0 Å². The Morgan fingerprint density at radius 2 is 1.74 bits per heavy atom. The molecule has 2 aliphatic rings. The van der Waals surface area contributed by atoms with Gasteiger partial charge in [0.1, 0.15) is 5.60 Å². The van der Waals surface area contributed by atoms with Crippen LogP contribution >= 0.6 is 11.8 Å². The van der Waals surface area contributed by atoms with Gasteiger partial charge in [-0.05, 0) is 59.9 Å². The van der Waals surface area contributed by atoms with Crippen LogP contribution in [0.4, 0.5) is 13.2 Å². The molecule has 0 unspecified atom stereocenters. The van der Waals surface area contributed by atoms with Crippen molar-refractivity contribution in [1.29, 1.82) is 0 Å². The van der Waals surface area contributed by atoms with Crippen LogP contribution in [0.3, 0.4) is 0 Å². The molecule has 34 heavy (non-hydrogen) atoms. The van der Waals surface area contributed by atoms with E-state index >= 15 is 0 Å². The first-order valence-electron chi connectivity index (χ1n) is 11.7. The van der Waals surface area contributed by atoms with E-state index in [0.717, 1.165) is 47.6 Å². The number of halogens is 3. The molecule has 0 radical (unpaired) electrons. The normalized spacial score (nSPS) is 18.5. The fraction of sp³-hybridized carbons (Fsp3) is 0.500. The van der Waals surface area contributed by atoms with Crippen LogP contribution in [0.15, 0.2) is 48.5 Å². The van der Waals surface area contributed by atoms with Crippen LogP contribution in [0.1, 0.15) is 52.7 Å². The monoisotopic (exact) mass is 493 g/mol. The third-order valence-electron chi connectivity index (χ3n) is 6.63. The molecule has 2 heterocycles. The van der Waals surface area contributed by atoms with Crippen molar-refractivity contribution in [2.45, 2.75) is 37.5 Å². The van der Waals surface area contributed by atoms with E-state index in [1.54, 1.807) is 12.1 Å². The van der Waals surface area contributed by atoms with Crippen LogP contribution in [-0.4, -0.2) is 55.2 Å². The van der Waals surface area contributed by atoms with Crippen LogP contribution in [0, 0.1) is 0 Å². The van der Waals surface area contributed by atoms with Crippen molar-refractivity contribution in [3.8, 4) is 0 Å². The predicted octanol–water partition coefficient (Wildman–Crippen LogP) is 5.72. The van der Waals surface area contributed by atoms with E-state index < -0.39 is 17.3 Å². The molecule has 0 atom stereocenters. The van der Waals surface area contributed by atoms with Crippen LogP contribution in [-0.2, 0) is 21.3 Å². The minimum atomic E-state index is -4.32. The molecule has 0 N–H and O–H groups in total. The lowest BCUT2D eigenvalue weighted by Gasteiger charge is -2.41. The molecule has 1 amide bonds. The highest BCUT2D eigenvalue weighted by molar-refractivity contribution is 7.99. The molecule has 4 nitrogen and oxygen atoms in total. The van der Waals surface area contributed by atoms with Gasteiger partial charge in [0.05, 0.1) is 25.4 Å². The summed E-state index contributed by atoms with van der Waals surface area (Å²) in [6.07, 6.45) is -2.85. The van der Waals surface area contributed by atoms with E-state index in [2.05, 4.69) is 6.92 Å². The second-order valence-corrected chi connectivity index (χ2v) is 10.2. The number of hydrogen-bond donors (Lipinski definition) is 0. The van der Waals surface area contributed by atoms with Crippen molar-refractivity contribution in [2.24, 2.45) is 0 Å². The largest absolute Gasteiger partial charge is 0.416 e. The van der Waals surface area contributed by atoms with Crippen LogP contribution in [0.5, 0.6) is 0 Å². The van der Waals surface area contributed by atoms with Gasteiger partial charge in [-0.15, -0.1) is 0 Å². The highest BCUT2D eigenvalue weighted by Gasteiger charge is 2.41. The number of benzene rings is 2. The zero-order valence-corrected chi connectivity index (χ0v) is 20.1. The second kappa shape index (κ2) is 10.7. The summed E-state index contributed by atoms with van der Waals surface area (Å²) in [6, 6.07) is 13.0. The molecule has 2 fully saturated rings. The minimum absolute atomic E-state index is 0.0170. The minimum Gasteiger partial charge on any atom is -0.375 e. The molecule has 2 aromatic rings. The Labute approximate surface area is 202 Å². The first kappa shape index (κ1) is 25.1. The van der Waals surface area contributed by atoms with E-state index in [9.17, 15) is 18.0 Å².